The summed E-state index contributed by atoms with van der Waals surface area (Å²) in [4.78, 5) is 0. The SMILES string of the molecule is C=C(C)Nc1cc(/C(C=N)=C/C)cc(C)c1C. The zero-order chi connectivity index (χ0) is 13.0. The van der Waals surface area contributed by atoms with Gasteiger partial charge in [-0.1, -0.05) is 18.7 Å². The maximum atomic E-state index is 7.40. The standard InChI is InChI=1S/C15H20N2/c1-6-13(9-16)14-7-11(4)12(5)15(8-14)17-10(2)3/h6-9,16-17H,2H2,1,3-5H3/b13-6+,16-9?. The number of anilines is 1. The van der Waals surface area contributed by atoms with Gasteiger partial charge in [-0.25, -0.2) is 0 Å². The molecule has 90 valence electrons. The van der Waals surface area contributed by atoms with Gasteiger partial charge in [-0.15, -0.1) is 0 Å². The fourth-order valence-electron chi connectivity index (χ4n) is 1.72. The molecule has 0 saturated heterocycles. The second-order valence-electron chi connectivity index (χ2n) is 4.26. The number of nitrogens with one attached hydrogen (secondary N) is 2. The molecule has 1 aromatic rings. The van der Waals surface area contributed by atoms with Crippen LogP contribution in [0.15, 0.2) is 30.5 Å². The Morgan fingerprint density at radius 2 is 2.00 bits per heavy atom. The molecular formula is C15H20N2. The van der Waals surface area contributed by atoms with Crippen LogP contribution in [0.3, 0.4) is 0 Å². The molecule has 0 bridgehead atoms. The highest BCUT2D eigenvalue weighted by Crippen LogP contribution is 2.25. The lowest BCUT2D eigenvalue weighted by Gasteiger charge is -2.14. The van der Waals surface area contributed by atoms with Crippen molar-refractivity contribution in [3.05, 3.63) is 47.2 Å². The van der Waals surface area contributed by atoms with Crippen LogP contribution in [0.2, 0.25) is 0 Å². The summed E-state index contributed by atoms with van der Waals surface area (Å²) in [6.45, 7) is 11.9. The van der Waals surface area contributed by atoms with Gasteiger partial charge in [-0.3, -0.25) is 0 Å². The summed E-state index contributed by atoms with van der Waals surface area (Å²) >= 11 is 0. The van der Waals surface area contributed by atoms with Crippen LogP contribution in [0.1, 0.15) is 30.5 Å². The number of hydrogen-bond donors (Lipinski definition) is 2. The third kappa shape index (κ3) is 3.06. The van der Waals surface area contributed by atoms with Crippen molar-refractivity contribution in [1.82, 2.24) is 0 Å². The van der Waals surface area contributed by atoms with E-state index in [2.05, 4.69) is 37.9 Å². The average Bonchev–Trinajstić information content (AvgIpc) is 2.26. The van der Waals surface area contributed by atoms with E-state index in [1.165, 1.54) is 17.3 Å². The van der Waals surface area contributed by atoms with Gasteiger partial charge in [0.05, 0.1) is 0 Å². The summed E-state index contributed by atoms with van der Waals surface area (Å²) < 4.78 is 0. The van der Waals surface area contributed by atoms with E-state index in [9.17, 15) is 0 Å². The molecule has 0 fully saturated rings. The molecular weight excluding hydrogens is 208 g/mol. The van der Waals surface area contributed by atoms with Crippen molar-refractivity contribution >= 4 is 17.5 Å². The van der Waals surface area contributed by atoms with Crippen LogP contribution in [-0.2, 0) is 0 Å². The van der Waals surface area contributed by atoms with E-state index in [-0.39, 0.29) is 0 Å². The summed E-state index contributed by atoms with van der Waals surface area (Å²) in [5.74, 6) is 0. The van der Waals surface area contributed by atoms with Gasteiger partial charge in [0.15, 0.2) is 0 Å². The van der Waals surface area contributed by atoms with Crippen molar-refractivity contribution in [2.75, 3.05) is 5.32 Å². The van der Waals surface area contributed by atoms with Crippen LogP contribution in [0.5, 0.6) is 0 Å². The molecule has 2 heteroatoms. The average molecular weight is 228 g/mol. The van der Waals surface area contributed by atoms with E-state index in [1.807, 2.05) is 19.9 Å². The molecule has 0 amide bonds. The van der Waals surface area contributed by atoms with Crippen LogP contribution in [0.4, 0.5) is 5.69 Å². The van der Waals surface area contributed by atoms with E-state index in [1.54, 1.807) is 0 Å². The Morgan fingerprint density at radius 1 is 1.35 bits per heavy atom. The number of benzene rings is 1. The molecule has 17 heavy (non-hydrogen) atoms. The van der Waals surface area contributed by atoms with Crippen molar-refractivity contribution in [3.8, 4) is 0 Å². The zero-order valence-corrected chi connectivity index (χ0v) is 11.0. The summed E-state index contributed by atoms with van der Waals surface area (Å²) in [6.07, 6.45) is 3.33. The second kappa shape index (κ2) is 5.48. The predicted octanol–water partition coefficient (Wildman–Crippen LogP) is 4.30. The van der Waals surface area contributed by atoms with E-state index in [0.29, 0.717) is 0 Å². The van der Waals surface area contributed by atoms with Gasteiger partial charge >= 0.3 is 0 Å². The molecule has 2 nitrogen and oxygen atoms in total. The molecule has 0 aromatic heterocycles. The second-order valence-corrected chi connectivity index (χ2v) is 4.26. The van der Waals surface area contributed by atoms with Gasteiger partial charge < -0.3 is 10.7 Å². The molecule has 0 saturated carbocycles. The number of hydrogen-bond acceptors (Lipinski definition) is 2. The topological polar surface area (TPSA) is 35.9 Å². The minimum absolute atomic E-state index is 0.918. The van der Waals surface area contributed by atoms with E-state index < -0.39 is 0 Å². The van der Waals surface area contributed by atoms with Crippen molar-refractivity contribution < 1.29 is 0 Å². The van der Waals surface area contributed by atoms with E-state index in [0.717, 1.165) is 22.5 Å². The number of allylic oxidation sites excluding steroid dienone is 3. The van der Waals surface area contributed by atoms with Gasteiger partial charge in [0.25, 0.3) is 0 Å². The first-order valence-corrected chi connectivity index (χ1v) is 5.70. The summed E-state index contributed by atoms with van der Waals surface area (Å²) in [5.41, 5.74) is 6.41. The van der Waals surface area contributed by atoms with Gasteiger partial charge in [0.2, 0.25) is 0 Å². The molecule has 0 radical (unpaired) electrons. The Bertz CT molecular complexity index is 482. The minimum atomic E-state index is 0.918. The van der Waals surface area contributed by atoms with E-state index in [4.69, 9.17) is 5.41 Å². The number of aryl methyl sites for hydroxylation is 1. The third-order valence-electron chi connectivity index (χ3n) is 2.82. The highest BCUT2D eigenvalue weighted by atomic mass is 14.9. The van der Waals surface area contributed by atoms with Gasteiger partial charge in [0.1, 0.15) is 0 Å². The van der Waals surface area contributed by atoms with Crippen LogP contribution in [0.25, 0.3) is 5.57 Å². The molecule has 0 aliphatic carbocycles. The van der Waals surface area contributed by atoms with Gasteiger partial charge in [-0.2, -0.15) is 0 Å². The maximum absolute atomic E-state index is 7.40. The van der Waals surface area contributed by atoms with E-state index >= 15 is 0 Å². The Hall–Kier alpha value is -1.83. The normalized spacial score (nSPS) is 11.2. The van der Waals surface area contributed by atoms with Crippen LogP contribution in [-0.4, -0.2) is 6.21 Å². The monoisotopic (exact) mass is 228 g/mol. The molecule has 1 rings (SSSR count). The summed E-state index contributed by atoms with van der Waals surface area (Å²) in [6, 6.07) is 4.18. The first-order chi connectivity index (χ1) is 7.99. The Balaban J connectivity index is 3.32. The lowest BCUT2D eigenvalue weighted by molar-refractivity contribution is 1.29. The van der Waals surface area contributed by atoms with Crippen molar-refractivity contribution in [3.63, 3.8) is 0 Å². The molecule has 0 unspecified atom stereocenters. The zero-order valence-electron chi connectivity index (χ0n) is 11.0. The minimum Gasteiger partial charge on any atom is -0.359 e. The number of rotatable bonds is 4. The lowest BCUT2D eigenvalue weighted by Crippen LogP contribution is -2.00. The van der Waals surface area contributed by atoms with Gasteiger partial charge in [-0.05, 0) is 56.0 Å². The highest BCUT2D eigenvalue weighted by Gasteiger charge is 2.06. The Labute approximate surface area is 104 Å². The smallest absolute Gasteiger partial charge is 0.0420 e. The van der Waals surface area contributed by atoms with Gasteiger partial charge in [0, 0.05) is 17.6 Å². The van der Waals surface area contributed by atoms with Crippen molar-refractivity contribution in [1.29, 1.82) is 5.41 Å². The molecule has 2 N–H and O–H groups in total. The summed E-state index contributed by atoms with van der Waals surface area (Å²) in [5, 5.41) is 10.7. The van der Waals surface area contributed by atoms with Crippen LogP contribution >= 0.6 is 0 Å². The first-order valence-electron chi connectivity index (χ1n) is 5.70. The first kappa shape index (κ1) is 13.2. The fraction of sp³-hybridized carbons (Fsp3) is 0.267. The lowest BCUT2D eigenvalue weighted by atomic mass is 9.99. The quantitative estimate of drug-likeness (QED) is 0.740. The molecule has 0 aliphatic rings. The molecule has 0 atom stereocenters. The maximum Gasteiger partial charge on any atom is 0.0420 e. The van der Waals surface area contributed by atoms with Crippen LogP contribution in [0, 0.1) is 19.3 Å². The fourth-order valence-corrected chi connectivity index (χ4v) is 1.72. The third-order valence-corrected chi connectivity index (χ3v) is 2.82. The predicted molar refractivity (Wildman–Crippen MR) is 76.8 cm³/mol. The molecule has 0 aliphatic heterocycles. The van der Waals surface area contributed by atoms with Crippen molar-refractivity contribution in [2.24, 2.45) is 0 Å². The van der Waals surface area contributed by atoms with Crippen molar-refractivity contribution in [2.45, 2.75) is 27.7 Å². The molecule has 0 spiro atoms. The molecule has 1 aromatic carbocycles. The largest absolute Gasteiger partial charge is 0.359 e. The highest BCUT2D eigenvalue weighted by molar-refractivity contribution is 6.08. The van der Waals surface area contributed by atoms with Crippen LogP contribution < -0.4 is 5.32 Å². The summed E-state index contributed by atoms with van der Waals surface area (Å²) in [7, 11) is 0. The molecule has 0 heterocycles. The Morgan fingerprint density at radius 3 is 2.47 bits per heavy atom. The Kier molecular flexibility index (Phi) is 4.27.